The molecular formula is C21H23F2NO6. The van der Waals surface area contributed by atoms with Gasteiger partial charge < -0.3 is 24.3 Å². The summed E-state index contributed by atoms with van der Waals surface area (Å²) in [5, 5.41) is 2.15. The normalized spacial score (nSPS) is 10.3. The van der Waals surface area contributed by atoms with Crippen LogP contribution in [0.3, 0.4) is 0 Å². The average Bonchev–Trinajstić information content (AvgIpc) is 2.71. The zero-order valence-corrected chi connectivity index (χ0v) is 16.9. The van der Waals surface area contributed by atoms with Crippen molar-refractivity contribution < 1.29 is 37.3 Å². The molecule has 7 nitrogen and oxygen atoms in total. The Morgan fingerprint density at radius 3 is 2.07 bits per heavy atom. The van der Waals surface area contributed by atoms with E-state index in [4.69, 9.17) is 18.9 Å². The van der Waals surface area contributed by atoms with Crippen LogP contribution >= 0.6 is 0 Å². The molecule has 2 aromatic carbocycles. The van der Waals surface area contributed by atoms with E-state index in [1.54, 1.807) is 20.8 Å². The van der Waals surface area contributed by atoms with Gasteiger partial charge in [-0.25, -0.2) is 13.6 Å². The van der Waals surface area contributed by atoms with Crippen LogP contribution in [0, 0.1) is 11.6 Å². The topological polar surface area (TPSA) is 83.1 Å². The monoisotopic (exact) mass is 423 g/mol. The third-order valence-corrected chi connectivity index (χ3v) is 3.68. The van der Waals surface area contributed by atoms with Crippen molar-refractivity contribution in [3.8, 4) is 17.2 Å². The predicted octanol–water partition coefficient (Wildman–Crippen LogP) is 3.96. The van der Waals surface area contributed by atoms with E-state index in [2.05, 4.69) is 5.32 Å². The summed E-state index contributed by atoms with van der Waals surface area (Å²) in [4.78, 5) is 24.4. The Bertz CT molecular complexity index is 876. The first-order chi connectivity index (χ1) is 14.4. The van der Waals surface area contributed by atoms with Crippen molar-refractivity contribution in [2.24, 2.45) is 0 Å². The largest absolute Gasteiger partial charge is 0.490 e. The highest BCUT2D eigenvalue weighted by Gasteiger charge is 2.20. The standard InChI is InChI=1S/C21H23F2NO6/c1-4-27-17-9-13(10-18(28-5-2)20(17)29-6-3)21(26)30-12-19(25)24-16-11-14(22)7-8-15(16)23/h7-11H,4-6,12H2,1-3H3,(H,24,25). The Balaban J connectivity index is 2.13. The summed E-state index contributed by atoms with van der Waals surface area (Å²) in [6, 6.07) is 5.46. The third kappa shape index (κ3) is 6.07. The summed E-state index contributed by atoms with van der Waals surface area (Å²) >= 11 is 0. The smallest absolute Gasteiger partial charge is 0.338 e. The second-order valence-corrected chi connectivity index (χ2v) is 5.85. The fourth-order valence-corrected chi connectivity index (χ4v) is 2.50. The number of amides is 1. The van der Waals surface area contributed by atoms with Crippen LogP contribution in [0.15, 0.2) is 30.3 Å². The van der Waals surface area contributed by atoms with Gasteiger partial charge in [0, 0.05) is 6.07 Å². The lowest BCUT2D eigenvalue weighted by atomic mass is 10.2. The molecule has 2 rings (SSSR count). The van der Waals surface area contributed by atoms with Crippen molar-refractivity contribution >= 4 is 17.6 Å². The van der Waals surface area contributed by atoms with Crippen LogP contribution in [0.5, 0.6) is 17.2 Å². The van der Waals surface area contributed by atoms with E-state index in [0.717, 1.165) is 18.2 Å². The molecule has 0 heterocycles. The van der Waals surface area contributed by atoms with Crippen LogP contribution in [-0.4, -0.2) is 38.3 Å². The van der Waals surface area contributed by atoms with E-state index in [1.165, 1.54) is 12.1 Å². The Kier molecular flexibility index (Phi) is 8.40. The molecule has 0 radical (unpaired) electrons. The fourth-order valence-electron chi connectivity index (χ4n) is 2.50. The summed E-state index contributed by atoms with van der Waals surface area (Å²) < 4.78 is 48.4. The van der Waals surface area contributed by atoms with Gasteiger partial charge in [-0.1, -0.05) is 0 Å². The minimum Gasteiger partial charge on any atom is -0.490 e. The molecule has 0 fully saturated rings. The molecule has 1 N–H and O–H groups in total. The van der Waals surface area contributed by atoms with Gasteiger partial charge in [-0.2, -0.15) is 0 Å². The van der Waals surface area contributed by atoms with Crippen molar-refractivity contribution in [3.63, 3.8) is 0 Å². The van der Waals surface area contributed by atoms with E-state index in [1.807, 2.05) is 0 Å². The van der Waals surface area contributed by atoms with E-state index >= 15 is 0 Å². The van der Waals surface area contributed by atoms with Crippen LogP contribution in [0.2, 0.25) is 0 Å². The SMILES string of the molecule is CCOc1cc(C(=O)OCC(=O)Nc2cc(F)ccc2F)cc(OCC)c1OCC. The van der Waals surface area contributed by atoms with Crippen molar-refractivity contribution in [2.75, 3.05) is 31.7 Å². The van der Waals surface area contributed by atoms with Crippen molar-refractivity contribution in [3.05, 3.63) is 47.5 Å². The number of anilines is 1. The number of hydrogen-bond donors (Lipinski definition) is 1. The first-order valence-electron chi connectivity index (χ1n) is 9.38. The molecule has 0 unspecified atom stereocenters. The van der Waals surface area contributed by atoms with E-state index in [0.29, 0.717) is 37.1 Å². The molecule has 0 aliphatic heterocycles. The van der Waals surface area contributed by atoms with Gasteiger partial charge in [0.1, 0.15) is 11.6 Å². The second-order valence-electron chi connectivity index (χ2n) is 5.85. The number of carbonyl (C=O) groups excluding carboxylic acids is 2. The predicted molar refractivity (Wildman–Crippen MR) is 105 cm³/mol. The summed E-state index contributed by atoms with van der Waals surface area (Å²) in [6.45, 7) is 5.66. The van der Waals surface area contributed by atoms with Gasteiger partial charge in [-0.3, -0.25) is 4.79 Å². The summed E-state index contributed by atoms with van der Waals surface area (Å²) in [5.74, 6) is -2.23. The Morgan fingerprint density at radius 2 is 1.50 bits per heavy atom. The van der Waals surface area contributed by atoms with Gasteiger partial charge in [-0.15, -0.1) is 0 Å². The number of ether oxygens (including phenoxy) is 4. The lowest BCUT2D eigenvalue weighted by Crippen LogP contribution is -2.21. The van der Waals surface area contributed by atoms with Gasteiger partial charge >= 0.3 is 5.97 Å². The average molecular weight is 423 g/mol. The van der Waals surface area contributed by atoms with Crippen LogP contribution < -0.4 is 19.5 Å². The summed E-state index contributed by atoms with van der Waals surface area (Å²) in [6.07, 6.45) is 0. The molecule has 2 aromatic rings. The molecule has 162 valence electrons. The highest BCUT2D eigenvalue weighted by molar-refractivity contribution is 5.96. The third-order valence-electron chi connectivity index (χ3n) is 3.68. The first kappa shape index (κ1) is 22.9. The maximum Gasteiger partial charge on any atom is 0.338 e. The van der Waals surface area contributed by atoms with Crippen molar-refractivity contribution in [1.29, 1.82) is 0 Å². The molecule has 0 aliphatic carbocycles. The number of esters is 1. The number of halogens is 2. The van der Waals surface area contributed by atoms with Crippen LogP contribution in [0.4, 0.5) is 14.5 Å². The van der Waals surface area contributed by atoms with E-state index < -0.39 is 30.1 Å². The van der Waals surface area contributed by atoms with Crippen LogP contribution in [0.25, 0.3) is 0 Å². The second kappa shape index (κ2) is 11.0. The molecule has 0 bridgehead atoms. The lowest BCUT2D eigenvalue weighted by molar-refractivity contribution is -0.119. The molecule has 0 spiro atoms. The molecule has 0 atom stereocenters. The molecule has 1 amide bonds. The molecular weight excluding hydrogens is 400 g/mol. The molecule has 9 heteroatoms. The van der Waals surface area contributed by atoms with Crippen molar-refractivity contribution in [2.45, 2.75) is 20.8 Å². The van der Waals surface area contributed by atoms with E-state index in [9.17, 15) is 18.4 Å². The molecule has 0 aromatic heterocycles. The molecule has 30 heavy (non-hydrogen) atoms. The fraction of sp³-hybridized carbons (Fsp3) is 0.333. The van der Waals surface area contributed by atoms with E-state index in [-0.39, 0.29) is 11.3 Å². The number of carbonyl (C=O) groups is 2. The number of nitrogens with one attached hydrogen (secondary N) is 1. The van der Waals surface area contributed by atoms with Gasteiger partial charge in [0.05, 0.1) is 31.1 Å². The minimum absolute atomic E-state index is 0.0788. The van der Waals surface area contributed by atoms with Crippen molar-refractivity contribution in [1.82, 2.24) is 0 Å². The van der Waals surface area contributed by atoms with Gasteiger partial charge in [-0.05, 0) is 45.0 Å². The van der Waals surface area contributed by atoms with Crippen LogP contribution in [0.1, 0.15) is 31.1 Å². The minimum atomic E-state index is -0.825. The maximum atomic E-state index is 13.6. The first-order valence-corrected chi connectivity index (χ1v) is 9.38. The molecule has 0 aliphatic rings. The quantitative estimate of drug-likeness (QED) is 0.583. The zero-order valence-electron chi connectivity index (χ0n) is 16.9. The van der Waals surface area contributed by atoms with Crippen LogP contribution in [-0.2, 0) is 9.53 Å². The Morgan fingerprint density at radius 1 is 0.900 bits per heavy atom. The highest BCUT2D eigenvalue weighted by Crippen LogP contribution is 2.39. The van der Waals surface area contributed by atoms with Gasteiger partial charge in [0.2, 0.25) is 5.75 Å². The zero-order chi connectivity index (χ0) is 22.1. The lowest BCUT2D eigenvalue weighted by Gasteiger charge is -2.16. The number of rotatable bonds is 10. The molecule has 0 saturated heterocycles. The molecule has 0 saturated carbocycles. The highest BCUT2D eigenvalue weighted by atomic mass is 19.1. The Hall–Kier alpha value is -3.36. The van der Waals surface area contributed by atoms with Gasteiger partial charge in [0.25, 0.3) is 5.91 Å². The summed E-state index contributed by atoms with van der Waals surface area (Å²) in [7, 11) is 0. The summed E-state index contributed by atoms with van der Waals surface area (Å²) in [5.41, 5.74) is -0.274. The van der Waals surface area contributed by atoms with Gasteiger partial charge in [0.15, 0.2) is 18.1 Å². The maximum absolute atomic E-state index is 13.6. The Labute approximate surface area is 172 Å². The number of hydrogen-bond acceptors (Lipinski definition) is 6. The number of benzene rings is 2.